The molecule has 1 N–H and O–H groups in total. The van der Waals surface area contributed by atoms with Crippen LogP contribution in [0.1, 0.15) is 19.8 Å². The minimum absolute atomic E-state index is 0.421. The van der Waals surface area contributed by atoms with Gasteiger partial charge < -0.3 is 9.84 Å². The van der Waals surface area contributed by atoms with Crippen LogP contribution in [0.5, 0.6) is 5.75 Å². The van der Waals surface area contributed by atoms with Crippen molar-refractivity contribution < 1.29 is 14.6 Å². The second-order valence-corrected chi connectivity index (χ2v) is 4.84. The van der Waals surface area contributed by atoms with Crippen molar-refractivity contribution in [2.45, 2.75) is 25.8 Å². The van der Waals surface area contributed by atoms with E-state index in [-0.39, 0.29) is 0 Å². The molecule has 0 aliphatic rings. The molecule has 0 aliphatic heterocycles. The highest BCUT2D eigenvalue weighted by Gasteiger charge is 2.19. The van der Waals surface area contributed by atoms with E-state index in [4.69, 9.17) is 21.4 Å². The molecule has 0 aliphatic carbocycles. The molecule has 1 aromatic rings. The number of likely N-dealkylation sites (N-methyl/N-ethyl adjacent to an activating group) is 1. The monoisotopic (exact) mass is 285 g/mol. The molecule has 0 heterocycles. The van der Waals surface area contributed by atoms with Gasteiger partial charge in [-0.2, -0.15) is 0 Å². The van der Waals surface area contributed by atoms with Crippen molar-refractivity contribution in [1.29, 1.82) is 0 Å². The topological polar surface area (TPSA) is 49.8 Å². The van der Waals surface area contributed by atoms with Gasteiger partial charge in [0.15, 0.2) is 0 Å². The zero-order valence-electron chi connectivity index (χ0n) is 11.3. The maximum atomic E-state index is 11.0. The van der Waals surface area contributed by atoms with Gasteiger partial charge in [0, 0.05) is 11.6 Å². The van der Waals surface area contributed by atoms with Gasteiger partial charge in [-0.15, -0.1) is 0 Å². The fourth-order valence-corrected chi connectivity index (χ4v) is 1.99. The first-order valence-electron chi connectivity index (χ1n) is 6.36. The third kappa shape index (κ3) is 5.49. The molecule has 106 valence electrons. The van der Waals surface area contributed by atoms with Gasteiger partial charge in [0.2, 0.25) is 0 Å². The molecule has 1 atom stereocenters. The number of carboxylic acids is 1. The first kappa shape index (κ1) is 15.8. The molecule has 19 heavy (non-hydrogen) atoms. The lowest BCUT2D eigenvalue weighted by atomic mass is 10.2. The van der Waals surface area contributed by atoms with Crippen molar-refractivity contribution in [1.82, 2.24) is 4.90 Å². The van der Waals surface area contributed by atoms with Crippen molar-refractivity contribution in [3.8, 4) is 5.75 Å². The van der Waals surface area contributed by atoms with E-state index in [0.29, 0.717) is 24.6 Å². The van der Waals surface area contributed by atoms with Crippen LogP contribution in [-0.2, 0) is 4.79 Å². The second-order valence-electron chi connectivity index (χ2n) is 4.40. The van der Waals surface area contributed by atoms with Gasteiger partial charge in [0.05, 0.1) is 6.61 Å². The highest BCUT2D eigenvalue weighted by Crippen LogP contribution is 2.15. The fraction of sp³-hybridized carbons (Fsp3) is 0.500. The summed E-state index contributed by atoms with van der Waals surface area (Å²) in [7, 11) is 1.82. The fourth-order valence-electron chi connectivity index (χ4n) is 1.87. The van der Waals surface area contributed by atoms with E-state index in [1.165, 1.54) is 0 Å². The quantitative estimate of drug-likeness (QED) is 0.746. The molecule has 4 nitrogen and oxygen atoms in total. The van der Waals surface area contributed by atoms with Crippen molar-refractivity contribution in [3.63, 3.8) is 0 Å². The molecule has 0 fully saturated rings. The molecule has 1 aromatic carbocycles. The normalized spacial score (nSPS) is 12.4. The summed E-state index contributed by atoms with van der Waals surface area (Å²) in [6.45, 7) is 3.12. The standard InChI is InChI=1S/C14H20ClNO3/c1-3-13(14(17)18)16(2)9-4-10-19-12-7-5-11(15)6-8-12/h5-8,13H,3-4,9-10H2,1-2H3,(H,17,18). The second kappa shape index (κ2) is 8.02. The number of halogens is 1. The predicted molar refractivity (Wildman–Crippen MR) is 75.9 cm³/mol. The molecule has 0 radical (unpaired) electrons. The van der Waals surface area contributed by atoms with E-state index in [1.807, 2.05) is 31.0 Å². The van der Waals surface area contributed by atoms with E-state index in [1.54, 1.807) is 12.1 Å². The minimum atomic E-state index is -0.774. The molecule has 1 unspecified atom stereocenters. The van der Waals surface area contributed by atoms with Crippen molar-refractivity contribution >= 4 is 17.6 Å². The van der Waals surface area contributed by atoms with E-state index in [2.05, 4.69) is 0 Å². The molecule has 0 aromatic heterocycles. The summed E-state index contributed by atoms with van der Waals surface area (Å²) in [6.07, 6.45) is 1.38. The van der Waals surface area contributed by atoms with Gasteiger partial charge in [0.25, 0.3) is 0 Å². The van der Waals surface area contributed by atoms with Crippen LogP contribution < -0.4 is 4.74 Å². The van der Waals surface area contributed by atoms with Crippen LogP contribution in [0.2, 0.25) is 5.02 Å². The lowest BCUT2D eigenvalue weighted by molar-refractivity contribution is -0.142. The molecule has 0 saturated heterocycles. The van der Waals surface area contributed by atoms with E-state index in [0.717, 1.165) is 12.2 Å². The number of hydrogen-bond donors (Lipinski definition) is 1. The Kier molecular flexibility index (Phi) is 6.67. The number of carboxylic acid groups (broad SMARTS) is 1. The Balaban J connectivity index is 2.26. The third-order valence-electron chi connectivity index (χ3n) is 2.94. The van der Waals surface area contributed by atoms with Gasteiger partial charge in [-0.3, -0.25) is 9.69 Å². The summed E-state index contributed by atoms with van der Waals surface area (Å²) >= 11 is 5.78. The summed E-state index contributed by atoms with van der Waals surface area (Å²) in [5.74, 6) is 0.000879. The Morgan fingerprint density at radius 2 is 2.05 bits per heavy atom. The lowest BCUT2D eigenvalue weighted by Gasteiger charge is -2.23. The Morgan fingerprint density at radius 1 is 1.42 bits per heavy atom. The first-order valence-corrected chi connectivity index (χ1v) is 6.73. The van der Waals surface area contributed by atoms with Gasteiger partial charge in [0.1, 0.15) is 11.8 Å². The van der Waals surface area contributed by atoms with Crippen molar-refractivity contribution in [2.75, 3.05) is 20.2 Å². The van der Waals surface area contributed by atoms with E-state index >= 15 is 0 Å². The Hall–Kier alpha value is -1.26. The molecule has 0 amide bonds. The zero-order chi connectivity index (χ0) is 14.3. The van der Waals surface area contributed by atoms with E-state index in [9.17, 15) is 4.79 Å². The molecular weight excluding hydrogens is 266 g/mol. The summed E-state index contributed by atoms with van der Waals surface area (Å²) in [6, 6.07) is 6.77. The Morgan fingerprint density at radius 3 is 2.58 bits per heavy atom. The lowest BCUT2D eigenvalue weighted by Crippen LogP contribution is -2.38. The van der Waals surface area contributed by atoms with Crippen LogP contribution in [0.3, 0.4) is 0 Å². The summed E-state index contributed by atoms with van der Waals surface area (Å²) in [5, 5.41) is 9.70. The number of rotatable bonds is 8. The van der Waals surface area contributed by atoms with Crippen LogP contribution in [0.25, 0.3) is 0 Å². The summed E-state index contributed by atoms with van der Waals surface area (Å²) in [5.41, 5.74) is 0. The molecule has 5 heteroatoms. The maximum Gasteiger partial charge on any atom is 0.320 e. The largest absolute Gasteiger partial charge is 0.494 e. The number of nitrogens with zero attached hydrogens (tertiary/aromatic N) is 1. The number of ether oxygens (including phenoxy) is 1. The van der Waals surface area contributed by atoms with Crippen LogP contribution in [0.4, 0.5) is 0 Å². The predicted octanol–water partition coefficient (Wildman–Crippen LogP) is 2.90. The van der Waals surface area contributed by atoms with E-state index < -0.39 is 12.0 Å². The number of hydrogen-bond acceptors (Lipinski definition) is 3. The zero-order valence-corrected chi connectivity index (χ0v) is 12.1. The third-order valence-corrected chi connectivity index (χ3v) is 3.19. The Labute approximate surface area is 118 Å². The highest BCUT2D eigenvalue weighted by atomic mass is 35.5. The number of aliphatic carboxylic acids is 1. The first-order chi connectivity index (χ1) is 9.04. The van der Waals surface area contributed by atoms with Gasteiger partial charge in [-0.1, -0.05) is 18.5 Å². The van der Waals surface area contributed by atoms with Crippen molar-refractivity contribution in [3.05, 3.63) is 29.3 Å². The molecule has 0 spiro atoms. The van der Waals surface area contributed by atoms with Gasteiger partial charge in [-0.25, -0.2) is 0 Å². The highest BCUT2D eigenvalue weighted by molar-refractivity contribution is 6.30. The Bertz CT molecular complexity index is 394. The number of benzene rings is 1. The molecule has 0 saturated carbocycles. The van der Waals surface area contributed by atoms with Gasteiger partial charge >= 0.3 is 5.97 Å². The smallest absolute Gasteiger partial charge is 0.320 e. The molecular formula is C14H20ClNO3. The van der Waals surface area contributed by atoms with Crippen LogP contribution in [0.15, 0.2) is 24.3 Å². The van der Waals surface area contributed by atoms with Crippen LogP contribution in [0, 0.1) is 0 Å². The SMILES string of the molecule is CCC(C(=O)O)N(C)CCCOc1ccc(Cl)cc1. The number of carbonyl (C=O) groups is 1. The van der Waals surface area contributed by atoms with Crippen LogP contribution >= 0.6 is 11.6 Å². The van der Waals surface area contributed by atoms with Crippen LogP contribution in [-0.4, -0.2) is 42.2 Å². The minimum Gasteiger partial charge on any atom is -0.494 e. The summed E-state index contributed by atoms with van der Waals surface area (Å²) < 4.78 is 5.55. The summed E-state index contributed by atoms with van der Waals surface area (Å²) in [4.78, 5) is 12.8. The van der Waals surface area contributed by atoms with Crippen molar-refractivity contribution in [2.24, 2.45) is 0 Å². The average molecular weight is 286 g/mol. The van der Waals surface area contributed by atoms with Gasteiger partial charge in [-0.05, 0) is 44.2 Å². The average Bonchev–Trinajstić information content (AvgIpc) is 2.37. The molecule has 1 rings (SSSR count). The maximum absolute atomic E-state index is 11.0. The molecule has 0 bridgehead atoms.